The lowest BCUT2D eigenvalue weighted by Crippen LogP contribution is -2.18. The Morgan fingerprint density at radius 3 is 2.75 bits per heavy atom. The molecule has 0 bridgehead atoms. The molecule has 1 unspecified atom stereocenters. The minimum atomic E-state index is -3.20. The SMILES string of the molecule is Cc1cc(C(=O)COC(=O)CC2C=CS(=O)(=O)C2)c(C)n1CCc1cccs1. The second-order valence-corrected chi connectivity index (χ2v) is 9.94. The third kappa shape index (κ3) is 4.99. The molecular weight excluding hydrogens is 398 g/mol. The molecule has 0 aromatic carbocycles. The fourth-order valence-corrected chi connectivity index (χ4v) is 5.47. The number of ether oxygens (including phenoxy) is 1. The summed E-state index contributed by atoms with van der Waals surface area (Å²) in [5, 5.41) is 3.17. The van der Waals surface area contributed by atoms with Crippen LogP contribution in [0.2, 0.25) is 0 Å². The first-order chi connectivity index (χ1) is 13.2. The highest BCUT2D eigenvalue weighted by atomic mass is 32.2. The fraction of sp³-hybridized carbons (Fsp3) is 0.400. The third-order valence-electron chi connectivity index (χ3n) is 4.83. The van der Waals surface area contributed by atoms with Gasteiger partial charge in [0.2, 0.25) is 5.78 Å². The molecule has 6 nitrogen and oxygen atoms in total. The van der Waals surface area contributed by atoms with E-state index in [1.807, 2.05) is 31.4 Å². The molecule has 0 saturated carbocycles. The maximum Gasteiger partial charge on any atom is 0.306 e. The number of esters is 1. The van der Waals surface area contributed by atoms with E-state index in [1.54, 1.807) is 11.3 Å². The molecule has 0 radical (unpaired) electrons. The van der Waals surface area contributed by atoms with Crippen LogP contribution in [0.25, 0.3) is 0 Å². The number of Topliss-reactive ketones (excluding diaryl/α,β-unsaturated/α-hetero) is 1. The van der Waals surface area contributed by atoms with E-state index < -0.39 is 15.8 Å². The Morgan fingerprint density at radius 2 is 2.11 bits per heavy atom. The summed E-state index contributed by atoms with van der Waals surface area (Å²) in [7, 11) is -3.20. The lowest BCUT2D eigenvalue weighted by Gasteiger charge is -2.09. The van der Waals surface area contributed by atoms with Gasteiger partial charge in [-0.15, -0.1) is 11.3 Å². The van der Waals surface area contributed by atoms with Crippen molar-refractivity contribution in [1.82, 2.24) is 4.57 Å². The Bertz CT molecular complexity index is 1000. The number of carbonyl (C=O) groups excluding carboxylic acids is 2. The van der Waals surface area contributed by atoms with Crippen LogP contribution in [0.4, 0.5) is 0 Å². The average molecular weight is 422 g/mol. The molecule has 2 aromatic rings. The van der Waals surface area contributed by atoms with Gasteiger partial charge in [-0.05, 0) is 37.8 Å². The maximum absolute atomic E-state index is 12.5. The van der Waals surface area contributed by atoms with Crippen molar-refractivity contribution in [3.05, 3.63) is 56.9 Å². The van der Waals surface area contributed by atoms with E-state index in [1.165, 1.54) is 11.0 Å². The third-order valence-corrected chi connectivity index (χ3v) is 7.23. The van der Waals surface area contributed by atoms with Gasteiger partial charge in [-0.1, -0.05) is 12.1 Å². The number of carbonyl (C=O) groups is 2. The molecule has 3 rings (SSSR count). The van der Waals surface area contributed by atoms with Crippen molar-refractivity contribution in [3.8, 4) is 0 Å². The topological polar surface area (TPSA) is 82.4 Å². The predicted molar refractivity (Wildman–Crippen MR) is 108 cm³/mol. The van der Waals surface area contributed by atoms with Crippen LogP contribution in [0.5, 0.6) is 0 Å². The van der Waals surface area contributed by atoms with Crippen LogP contribution in [-0.4, -0.2) is 37.1 Å². The summed E-state index contributed by atoms with van der Waals surface area (Å²) in [4.78, 5) is 25.7. The standard InChI is InChI=1S/C20H23NO5S2/c1-14-10-18(15(2)21(14)7-5-17-4-3-8-27-17)19(22)12-26-20(23)11-16-6-9-28(24,25)13-16/h3-4,6,8-10,16H,5,7,11-13H2,1-2H3. The monoisotopic (exact) mass is 421 g/mol. The summed E-state index contributed by atoms with van der Waals surface area (Å²) in [5.41, 5.74) is 2.41. The minimum absolute atomic E-state index is 0.0388. The molecule has 0 saturated heterocycles. The summed E-state index contributed by atoms with van der Waals surface area (Å²) in [6, 6.07) is 5.94. The quantitative estimate of drug-likeness (QED) is 0.483. The van der Waals surface area contributed by atoms with Gasteiger partial charge in [0.25, 0.3) is 0 Å². The van der Waals surface area contributed by atoms with Gasteiger partial charge in [0.05, 0.1) is 12.2 Å². The van der Waals surface area contributed by atoms with E-state index >= 15 is 0 Å². The van der Waals surface area contributed by atoms with E-state index in [-0.39, 0.29) is 30.5 Å². The average Bonchev–Trinajstić information content (AvgIpc) is 3.32. The smallest absolute Gasteiger partial charge is 0.306 e. The van der Waals surface area contributed by atoms with E-state index in [2.05, 4.69) is 10.6 Å². The molecular formula is C20H23NO5S2. The molecule has 1 aliphatic heterocycles. The highest BCUT2D eigenvalue weighted by Gasteiger charge is 2.25. The Morgan fingerprint density at radius 1 is 1.32 bits per heavy atom. The van der Waals surface area contributed by atoms with Crippen LogP contribution in [0.1, 0.15) is 33.0 Å². The molecule has 0 N–H and O–H groups in total. The van der Waals surface area contributed by atoms with Crippen molar-refractivity contribution < 1.29 is 22.7 Å². The summed E-state index contributed by atoms with van der Waals surface area (Å²) in [6.07, 6.45) is 2.36. The van der Waals surface area contributed by atoms with Gasteiger partial charge >= 0.3 is 5.97 Å². The number of hydrogen-bond acceptors (Lipinski definition) is 6. The molecule has 150 valence electrons. The van der Waals surface area contributed by atoms with Gasteiger partial charge in [0, 0.05) is 39.7 Å². The van der Waals surface area contributed by atoms with Crippen molar-refractivity contribution in [2.45, 2.75) is 33.2 Å². The van der Waals surface area contributed by atoms with Gasteiger partial charge in [-0.3, -0.25) is 9.59 Å². The molecule has 1 aliphatic rings. The number of nitrogens with zero attached hydrogens (tertiary/aromatic N) is 1. The lowest BCUT2D eigenvalue weighted by atomic mass is 10.1. The zero-order valence-electron chi connectivity index (χ0n) is 15.9. The molecule has 0 fully saturated rings. The molecule has 8 heteroatoms. The summed E-state index contributed by atoms with van der Waals surface area (Å²) in [6.45, 7) is 4.30. The van der Waals surface area contributed by atoms with Crippen molar-refractivity contribution in [2.75, 3.05) is 12.4 Å². The number of sulfone groups is 1. The van der Waals surface area contributed by atoms with Gasteiger partial charge in [-0.2, -0.15) is 0 Å². The van der Waals surface area contributed by atoms with Gasteiger partial charge in [0.15, 0.2) is 16.4 Å². The summed E-state index contributed by atoms with van der Waals surface area (Å²) in [5.74, 6) is -1.28. The van der Waals surface area contributed by atoms with Crippen LogP contribution in [0.15, 0.2) is 35.1 Å². The molecule has 0 aliphatic carbocycles. The van der Waals surface area contributed by atoms with Gasteiger partial charge in [-0.25, -0.2) is 8.42 Å². The predicted octanol–water partition coefficient (Wildman–Crippen LogP) is 3.08. The minimum Gasteiger partial charge on any atom is -0.457 e. The first-order valence-corrected chi connectivity index (χ1v) is 11.6. The number of allylic oxidation sites excluding steroid dienone is 1. The number of thiophene rings is 1. The summed E-state index contributed by atoms with van der Waals surface area (Å²) < 4.78 is 29.9. The first kappa shape index (κ1) is 20.5. The van der Waals surface area contributed by atoms with Crippen LogP contribution in [0, 0.1) is 19.8 Å². The van der Waals surface area contributed by atoms with Gasteiger partial charge < -0.3 is 9.30 Å². The Labute approximate surface area is 168 Å². The highest BCUT2D eigenvalue weighted by molar-refractivity contribution is 7.94. The number of hydrogen-bond donors (Lipinski definition) is 0. The number of aryl methyl sites for hydroxylation is 2. The van der Waals surface area contributed by atoms with Crippen molar-refractivity contribution in [1.29, 1.82) is 0 Å². The van der Waals surface area contributed by atoms with E-state index in [0.29, 0.717) is 5.56 Å². The molecule has 3 heterocycles. The van der Waals surface area contributed by atoms with Crippen LogP contribution in [0.3, 0.4) is 0 Å². The second kappa shape index (κ2) is 8.45. The van der Waals surface area contributed by atoms with Crippen molar-refractivity contribution >= 4 is 32.9 Å². The number of ketones is 1. The lowest BCUT2D eigenvalue weighted by molar-refractivity contribution is -0.143. The first-order valence-electron chi connectivity index (χ1n) is 9.04. The maximum atomic E-state index is 12.5. The van der Waals surface area contributed by atoms with Crippen molar-refractivity contribution in [2.24, 2.45) is 5.92 Å². The molecule has 28 heavy (non-hydrogen) atoms. The largest absolute Gasteiger partial charge is 0.457 e. The highest BCUT2D eigenvalue weighted by Crippen LogP contribution is 2.20. The van der Waals surface area contributed by atoms with E-state index in [4.69, 9.17) is 4.74 Å². The number of rotatable bonds is 8. The van der Waals surface area contributed by atoms with Gasteiger partial charge in [0.1, 0.15) is 0 Å². The zero-order chi connectivity index (χ0) is 20.3. The Hall–Kier alpha value is -2.19. The Balaban J connectivity index is 1.55. The molecule has 0 spiro atoms. The van der Waals surface area contributed by atoms with E-state index in [0.717, 1.165) is 29.8 Å². The number of aromatic nitrogens is 1. The summed E-state index contributed by atoms with van der Waals surface area (Å²) >= 11 is 1.71. The van der Waals surface area contributed by atoms with Crippen molar-refractivity contribution in [3.63, 3.8) is 0 Å². The molecule has 2 aromatic heterocycles. The van der Waals surface area contributed by atoms with Crippen LogP contribution in [-0.2, 0) is 32.3 Å². The molecule has 1 atom stereocenters. The van der Waals surface area contributed by atoms with E-state index in [9.17, 15) is 18.0 Å². The normalized spacial score (nSPS) is 17.7. The second-order valence-electron chi connectivity index (χ2n) is 6.97. The van der Waals surface area contributed by atoms with Crippen LogP contribution < -0.4 is 0 Å². The zero-order valence-corrected chi connectivity index (χ0v) is 17.5. The molecule has 0 amide bonds. The van der Waals surface area contributed by atoms with Crippen LogP contribution >= 0.6 is 11.3 Å². The Kier molecular flexibility index (Phi) is 6.20. The fourth-order valence-electron chi connectivity index (χ4n) is 3.37.